The smallest absolute Gasteiger partial charge is 0.251 e. The Labute approximate surface area is 111 Å². The predicted octanol–water partition coefficient (Wildman–Crippen LogP) is 1.01. The summed E-state index contributed by atoms with van der Waals surface area (Å²) in [4.78, 5) is 19.9. The average molecular weight is 254 g/mol. The number of fused-ring (bicyclic) bond motifs is 1. The van der Waals surface area contributed by atoms with E-state index in [0.29, 0.717) is 12.1 Å². The largest absolute Gasteiger partial charge is 0.346 e. The van der Waals surface area contributed by atoms with E-state index in [0.717, 1.165) is 18.8 Å². The van der Waals surface area contributed by atoms with Crippen molar-refractivity contribution in [2.45, 2.75) is 19.6 Å². The second kappa shape index (κ2) is 5.16. The van der Waals surface area contributed by atoms with Crippen LogP contribution >= 0.6 is 0 Å². The Kier molecular flexibility index (Phi) is 3.20. The van der Waals surface area contributed by atoms with E-state index in [9.17, 15) is 4.79 Å². The van der Waals surface area contributed by atoms with Crippen LogP contribution in [0.5, 0.6) is 0 Å². The van der Waals surface area contributed by atoms with Gasteiger partial charge in [0.2, 0.25) is 0 Å². The zero-order chi connectivity index (χ0) is 13.1. The molecule has 0 saturated carbocycles. The number of carbonyl (C=O) groups excluding carboxylic acids is 1. The van der Waals surface area contributed by atoms with Crippen molar-refractivity contribution in [1.29, 1.82) is 0 Å². The Hall–Kier alpha value is -2.27. The maximum absolute atomic E-state index is 12.0. The van der Waals surface area contributed by atoms with Crippen molar-refractivity contribution in [3.63, 3.8) is 0 Å². The van der Waals surface area contributed by atoms with Gasteiger partial charge >= 0.3 is 0 Å². The average Bonchev–Trinajstić information content (AvgIpc) is 2.93. The Bertz CT molecular complexity index is 598. The van der Waals surface area contributed by atoms with Crippen molar-refractivity contribution in [1.82, 2.24) is 20.6 Å². The summed E-state index contributed by atoms with van der Waals surface area (Å²) in [5.41, 5.74) is 3.96. The molecule has 0 unspecified atom stereocenters. The number of hydrogen-bond donors (Lipinski definition) is 2. The first kappa shape index (κ1) is 11.8. The summed E-state index contributed by atoms with van der Waals surface area (Å²) < 4.78 is 0. The topological polar surface area (TPSA) is 66.9 Å². The molecule has 1 aliphatic heterocycles. The number of hydrogen-bond acceptors (Lipinski definition) is 4. The lowest BCUT2D eigenvalue weighted by atomic mass is 10.1. The molecule has 5 heteroatoms. The Morgan fingerprint density at radius 2 is 2.16 bits per heavy atom. The zero-order valence-electron chi connectivity index (χ0n) is 10.4. The van der Waals surface area contributed by atoms with Gasteiger partial charge in [0.25, 0.3) is 5.91 Å². The Morgan fingerprint density at radius 1 is 1.26 bits per heavy atom. The van der Waals surface area contributed by atoms with Crippen LogP contribution in [0.15, 0.2) is 36.8 Å². The Morgan fingerprint density at radius 3 is 3.00 bits per heavy atom. The maximum atomic E-state index is 12.0. The highest BCUT2D eigenvalue weighted by atomic mass is 16.1. The molecule has 1 aliphatic rings. The van der Waals surface area contributed by atoms with E-state index in [1.165, 1.54) is 17.5 Å². The highest BCUT2D eigenvalue weighted by molar-refractivity contribution is 5.94. The highest BCUT2D eigenvalue weighted by Crippen LogP contribution is 2.16. The standard InChI is InChI=1S/C14H14N4O/c19-14(17-8-13-3-4-15-9-18-13)10-1-2-11-6-16-7-12(11)5-10/h1-5,9,16H,6-8H2,(H,17,19). The van der Waals surface area contributed by atoms with Crippen LogP contribution in [0, 0.1) is 0 Å². The summed E-state index contributed by atoms with van der Waals surface area (Å²) in [5, 5.41) is 6.12. The SMILES string of the molecule is O=C(NCc1ccncn1)c1ccc2c(c1)CNC2. The minimum absolute atomic E-state index is 0.0756. The zero-order valence-corrected chi connectivity index (χ0v) is 10.4. The molecule has 0 aliphatic carbocycles. The number of aromatic nitrogens is 2. The minimum Gasteiger partial charge on any atom is -0.346 e. The third kappa shape index (κ3) is 2.61. The van der Waals surface area contributed by atoms with Gasteiger partial charge in [0.05, 0.1) is 12.2 Å². The number of nitrogens with one attached hydrogen (secondary N) is 2. The van der Waals surface area contributed by atoms with Gasteiger partial charge in [-0.3, -0.25) is 4.79 Å². The third-order valence-corrected chi connectivity index (χ3v) is 3.17. The lowest BCUT2D eigenvalue weighted by Gasteiger charge is -2.06. The summed E-state index contributed by atoms with van der Waals surface area (Å²) in [6, 6.07) is 7.60. The first-order chi connectivity index (χ1) is 9.33. The minimum atomic E-state index is -0.0756. The number of rotatable bonds is 3. The first-order valence-corrected chi connectivity index (χ1v) is 6.18. The van der Waals surface area contributed by atoms with Crippen molar-refractivity contribution in [2.24, 2.45) is 0 Å². The summed E-state index contributed by atoms with van der Waals surface area (Å²) >= 11 is 0. The van der Waals surface area contributed by atoms with Gasteiger partial charge in [-0.1, -0.05) is 6.07 Å². The monoisotopic (exact) mass is 254 g/mol. The van der Waals surface area contributed by atoms with Crippen LogP contribution in [0.1, 0.15) is 27.2 Å². The molecule has 2 heterocycles. The molecule has 0 fully saturated rings. The molecule has 0 spiro atoms. The van der Waals surface area contributed by atoms with Gasteiger partial charge in [-0.25, -0.2) is 9.97 Å². The normalized spacial score (nSPS) is 13.1. The van der Waals surface area contributed by atoms with E-state index in [1.807, 2.05) is 18.2 Å². The molecule has 3 rings (SSSR count). The van der Waals surface area contributed by atoms with Crippen LogP contribution in [0.2, 0.25) is 0 Å². The van der Waals surface area contributed by atoms with Crippen LogP contribution in [0.3, 0.4) is 0 Å². The van der Waals surface area contributed by atoms with Crippen LogP contribution in [-0.2, 0) is 19.6 Å². The van der Waals surface area contributed by atoms with Crippen molar-refractivity contribution in [3.05, 3.63) is 59.2 Å². The van der Waals surface area contributed by atoms with E-state index in [4.69, 9.17) is 0 Å². The fourth-order valence-electron chi connectivity index (χ4n) is 2.13. The van der Waals surface area contributed by atoms with E-state index in [-0.39, 0.29) is 5.91 Å². The number of benzene rings is 1. The van der Waals surface area contributed by atoms with Crippen molar-refractivity contribution in [2.75, 3.05) is 0 Å². The number of nitrogens with zero attached hydrogens (tertiary/aromatic N) is 2. The van der Waals surface area contributed by atoms with Crippen LogP contribution in [0.25, 0.3) is 0 Å². The second-order valence-electron chi connectivity index (χ2n) is 4.47. The molecule has 2 N–H and O–H groups in total. The van der Waals surface area contributed by atoms with Crippen LogP contribution in [0.4, 0.5) is 0 Å². The molecule has 96 valence electrons. The summed E-state index contributed by atoms with van der Waals surface area (Å²) in [6.45, 7) is 2.14. The maximum Gasteiger partial charge on any atom is 0.251 e. The molecule has 19 heavy (non-hydrogen) atoms. The van der Waals surface area contributed by atoms with Gasteiger partial charge < -0.3 is 10.6 Å². The molecule has 1 amide bonds. The molecule has 5 nitrogen and oxygen atoms in total. The Balaban J connectivity index is 1.67. The van der Waals surface area contributed by atoms with Gasteiger partial charge in [-0.2, -0.15) is 0 Å². The highest BCUT2D eigenvalue weighted by Gasteiger charge is 2.13. The molecule has 0 saturated heterocycles. The lowest BCUT2D eigenvalue weighted by Crippen LogP contribution is -2.23. The van der Waals surface area contributed by atoms with E-state index in [1.54, 1.807) is 12.3 Å². The first-order valence-electron chi connectivity index (χ1n) is 6.18. The molecular formula is C14H14N4O. The van der Waals surface area contributed by atoms with Crippen molar-refractivity contribution in [3.8, 4) is 0 Å². The second-order valence-corrected chi connectivity index (χ2v) is 4.47. The number of amides is 1. The van der Waals surface area contributed by atoms with Gasteiger partial charge in [0, 0.05) is 24.8 Å². The molecule has 2 aromatic rings. The molecule has 1 aromatic heterocycles. The lowest BCUT2D eigenvalue weighted by molar-refractivity contribution is 0.0950. The van der Waals surface area contributed by atoms with E-state index < -0.39 is 0 Å². The summed E-state index contributed by atoms with van der Waals surface area (Å²) in [5.74, 6) is -0.0756. The molecule has 1 aromatic carbocycles. The predicted molar refractivity (Wildman–Crippen MR) is 70.2 cm³/mol. The summed E-state index contributed by atoms with van der Waals surface area (Å²) in [7, 11) is 0. The molecule has 0 atom stereocenters. The molecular weight excluding hydrogens is 240 g/mol. The van der Waals surface area contributed by atoms with Gasteiger partial charge in [-0.15, -0.1) is 0 Å². The quantitative estimate of drug-likeness (QED) is 0.858. The van der Waals surface area contributed by atoms with Gasteiger partial charge in [-0.05, 0) is 29.3 Å². The third-order valence-electron chi connectivity index (χ3n) is 3.17. The fourth-order valence-corrected chi connectivity index (χ4v) is 2.13. The summed E-state index contributed by atoms with van der Waals surface area (Å²) in [6.07, 6.45) is 3.14. The van der Waals surface area contributed by atoms with E-state index >= 15 is 0 Å². The van der Waals surface area contributed by atoms with Crippen molar-refractivity contribution >= 4 is 5.91 Å². The molecule has 0 bridgehead atoms. The van der Waals surface area contributed by atoms with Crippen LogP contribution < -0.4 is 10.6 Å². The van der Waals surface area contributed by atoms with Gasteiger partial charge in [0.1, 0.15) is 6.33 Å². The van der Waals surface area contributed by atoms with Crippen LogP contribution in [-0.4, -0.2) is 15.9 Å². The van der Waals surface area contributed by atoms with Crippen molar-refractivity contribution < 1.29 is 4.79 Å². The fraction of sp³-hybridized carbons (Fsp3) is 0.214. The number of carbonyl (C=O) groups is 1. The molecule has 0 radical (unpaired) electrons. The van der Waals surface area contributed by atoms with E-state index in [2.05, 4.69) is 20.6 Å². The van der Waals surface area contributed by atoms with Gasteiger partial charge in [0.15, 0.2) is 0 Å².